The highest BCUT2D eigenvalue weighted by Crippen LogP contribution is 2.03. The summed E-state index contributed by atoms with van der Waals surface area (Å²) in [4.78, 5) is 0. The van der Waals surface area contributed by atoms with E-state index in [9.17, 15) is 0 Å². The molecule has 0 saturated heterocycles. The lowest BCUT2D eigenvalue weighted by molar-refractivity contribution is -0.123. The van der Waals surface area contributed by atoms with Gasteiger partial charge in [0.2, 0.25) is 0 Å². The number of hydrogen-bond donors (Lipinski definition) is 6. The smallest absolute Gasteiger partial charge is 0.111 e. The van der Waals surface area contributed by atoms with Gasteiger partial charge in [-0.25, -0.2) is 0 Å². The minimum atomic E-state index is -1.67. The summed E-state index contributed by atoms with van der Waals surface area (Å²) in [5, 5.41) is 52.2. The zero-order valence-corrected chi connectivity index (χ0v) is 6.91. The van der Waals surface area contributed by atoms with E-state index in [4.69, 9.17) is 30.6 Å². The van der Waals surface area contributed by atoms with Crippen LogP contribution >= 0.6 is 0 Å². The van der Waals surface area contributed by atoms with E-state index in [0.717, 1.165) is 0 Å². The van der Waals surface area contributed by atoms with Crippen molar-refractivity contribution in [3.63, 3.8) is 0 Å². The van der Waals surface area contributed by atoms with Crippen LogP contribution in [-0.2, 0) is 0 Å². The van der Waals surface area contributed by atoms with E-state index >= 15 is 0 Å². The van der Waals surface area contributed by atoms with E-state index in [-0.39, 0.29) is 7.43 Å². The molecule has 0 rings (SSSR count). The van der Waals surface area contributed by atoms with Gasteiger partial charge in [-0.2, -0.15) is 0 Å². The van der Waals surface area contributed by atoms with Gasteiger partial charge in [0, 0.05) is 7.43 Å². The summed E-state index contributed by atoms with van der Waals surface area (Å²) >= 11 is 0. The van der Waals surface area contributed by atoms with Crippen LogP contribution < -0.4 is 0 Å². The van der Waals surface area contributed by atoms with E-state index in [0.29, 0.717) is 0 Å². The van der Waals surface area contributed by atoms with Crippen LogP contribution in [0.15, 0.2) is 0 Å². The molecule has 0 unspecified atom stereocenters. The van der Waals surface area contributed by atoms with Crippen LogP contribution in [0, 0.1) is 7.43 Å². The third-order valence-corrected chi connectivity index (χ3v) is 1.51. The van der Waals surface area contributed by atoms with Gasteiger partial charge in [0.1, 0.15) is 24.4 Å². The molecular weight excluding hydrogens is 180 g/mol. The Balaban J connectivity index is 0. The molecule has 13 heavy (non-hydrogen) atoms. The van der Waals surface area contributed by atoms with Crippen LogP contribution in [0.5, 0.6) is 0 Å². The molecule has 0 aromatic rings. The largest absolute Gasteiger partial charge is 0.394 e. The van der Waals surface area contributed by atoms with Crippen LogP contribution in [0.3, 0.4) is 0 Å². The maximum Gasteiger partial charge on any atom is 0.111 e. The lowest BCUT2D eigenvalue weighted by Gasteiger charge is -2.24. The van der Waals surface area contributed by atoms with E-state index in [1.54, 1.807) is 0 Å². The summed E-state index contributed by atoms with van der Waals surface area (Å²) in [6.45, 7) is -1.45. The van der Waals surface area contributed by atoms with Crippen molar-refractivity contribution >= 4 is 0 Å². The van der Waals surface area contributed by atoms with Gasteiger partial charge in [-0.1, -0.05) is 0 Å². The minimum absolute atomic E-state index is 0. The Labute approximate surface area is 76.7 Å². The molecule has 0 fully saturated rings. The van der Waals surface area contributed by atoms with Gasteiger partial charge in [0.15, 0.2) is 0 Å². The third kappa shape index (κ3) is 4.51. The Bertz CT molecular complexity index is 106. The van der Waals surface area contributed by atoms with Gasteiger partial charge in [-0.3, -0.25) is 0 Å². The first-order valence-electron chi connectivity index (χ1n) is 3.48. The number of aliphatic hydroxyl groups excluding tert-OH is 6. The van der Waals surface area contributed by atoms with Gasteiger partial charge in [-0.15, -0.1) is 0 Å². The molecule has 6 nitrogen and oxygen atoms in total. The van der Waals surface area contributed by atoms with Crippen LogP contribution in [0.2, 0.25) is 0 Å². The summed E-state index contributed by atoms with van der Waals surface area (Å²) in [6, 6.07) is 0. The van der Waals surface area contributed by atoms with E-state index in [2.05, 4.69) is 0 Å². The molecule has 6 heteroatoms. The second-order valence-corrected chi connectivity index (χ2v) is 2.48. The zero-order valence-electron chi connectivity index (χ0n) is 6.91. The van der Waals surface area contributed by atoms with E-state index < -0.39 is 37.6 Å². The fourth-order valence-electron chi connectivity index (χ4n) is 0.671. The standard InChI is InChI=1S/C6H14O6.C/c7-1-3(9)5(11)6(12)4(10)2-8;/h3-12H,1-2H2;/t3-,4-,5-,6-;/m1./s1. The molecule has 4 atom stereocenters. The topological polar surface area (TPSA) is 121 Å². The van der Waals surface area contributed by atoms with Crippen molar-refractivity contribution in [2.45, 2.75) is 24.4 Å². The Morgan fingerprint density at radius 3 is 1.08 bits per heavy atom. The summed E-state index contributed by atoms with van der Waals surface area (Å²) < 4.78 is 0. The number of hydrogen-bond acceptors (Lipinski definition) is 6. The maximum atomic E-state index is 8.96. The monoisotopic (exact) mass is 194 g/mol. The van der Waals surface area contributed by atoms with Crippen molar-refractivity contribution in [1.82, 2.24) is 0 Å². The molecule has 0 aliphatic rings. The zero-order chi connectivity index (χ0) is 9.72. The Hall–Kier alpha value is -0.240. The normalized spacial score (nSPS) is 19.8. The highest BCUT2D eigenvalue weighted by Gasteiger charge is 2.29. The lowest BCUT2D eigenvalue weighted by atomic mass is 10.0. The molecule has 0 aliphatic carbocycles. The van der Waals surface area contributed by atoms with Gasteiger partial charge in [0.05, 0.1) is 13.2 Å². The maximum absolute atomic E-state index is 8.96. The lowest BCUT2D eigenvalue weighted by Crippen LogP contribution is -2.46. The first-order valence-corrected chi connectivity index (χ1v) is 3.48. The molecule has 0 bridgehead atoms. The molecule has 0 amide bonds. The average molecular weight is 194 g/mol. The number of aliphatic hydroxyl groups is 6. The first-order chi connectivity index (χ1) is 5.54. The quantitative estimate of drug-likeness (QED) is 0.270. The summed E-state index contributed by atoms with van der Waals surface area (Å²) in [7, 11) is 0. The number of rotatable bonds is 5. The second kappa shape index (κ2) is 7.19. The van der Waals surface area contributed by atoms with Crippen molar-refractivity contribution < 1.29 is 30.6 Å². The van der Waals surface area contributed by atoms with Crippen LogP contribution in [0.1, 0.15) is 0 Å². The fourth-order valence-corrected chi connectivity index (χ4v) is 0.671. The minimum Gasteiger partial charge on any atom is -0.394 e. The van der Waals surface area contributed by atoms with Crippen molar-refractivity contribution in [2.75, 3.05) is 13.2 Å². The van der Waals surface area contributed by atoms with Gasteiger partial charge in [0.25, 0.3) is 0 Å². The molecule has 0 aromatic carbocycles. The highest BCUT2D eigenvalue weighted by atomic mass is 16.4. The second-order valence-electron chi connectivity index (χ2n) is 2.48. The molecule has 0 aromatic heterocycles. The fraction of sp³-hybridized carbons (Fsp3) is 0.857. The van der Waals surface area contributed by atoms with Crippen LogP contribution in [0.25, 0.3) is 0 Å². The predicted molar refractivity (Wildman–Crippen MR) is 41.4 cm³/mol. The molecule has 4 radical (unpaired) electrons. The molecule has 0 heterocycles. The Kier molecular flexibility index (Phi) is 8.43. The van der Waals surface area contributed by atoms with Gasteiger partial charge < -0.3 is 30.6 Å². The molecular formula is C7H14O6. The van der Waals surface area contributed by atoms with E-state index in [1.807, 2.05) is 0 Å². The summed E-state index contributed by atoms with van der Waals surface area (Å²) in [5.41, 5.74) is 0. The summed E-state index contributed by atoms with van der Waals surface area (Å²) in [5.74, 6) is 0. The first kappa shape index (κ1) is 15.2. The SMILES string of the molecule is OC[C@@H](O)[C@@H](O)[C@H](O)[C@H](O)CO.[C]. The van der Waals surface area contributed by atoms with Crippen LogP contribution in [-0.4, -0.2) is 68.3 Å². The molecule has 78 valence electrons. The predicted octanol–water partition coefficient (Wildman–Crippen LogP) is -3.50. The van der Waals surface area contributed by atoms with Crippen molar-refractivity contribution in [1.29, 1.82) is 0 Å². The van der Waals surface area contributed by atoms with Gasteiger partial charge >= 0.3 is 0 Å². The molecule has 0 spiro atoms. The van der Waals surface area contributed by atoms with Gasteiger partial charge in [-0.05, 0) is 0 Å². The van der Waals surface area contributed by atoms with Crippen molar-refractivity contribution in [3.05, 3.63) is 7.43 Å². The van der Waals surface area contributed by atoms with Crippen molar-refractivity contribution in [3.8, 4) is 0 Å². The van der Waals surface area contributed by atoms with Crippen LogP contribution in [0.4, 0.5) is 0 Å². The average Bonchev–Trinajstić information content (AvgIpc) is 2.12. The molecule has 6 N–H and O–H groups in total. The highest BCUT2D eigenvalue weighted by molar-refractivity contribution is 4.79. The Morgan fingerprint density at radius 1 is 0.692 bits per heavy atom. The Morgan fingerprint density at radius 2 is 0.923 bits per heavy atom. The molecule has 0 aliphatic heterocycles. The van der Waals surface area contributed by atoms with E-state index in [1.165, 1.54) is 0 Å². The molecule has 0 saturated carbocycles. The third-order valence-electron chi connectivity index (χ3n) is 1.51. The summed E-state index contributed by atoms with van der Waals surface area (Å²) in [6.07, 6.45) is -6.39. The van der Waals surface area contributed by atoms with Crippen molar-refractivity contribution in [2.24, 2.45) is 0 Å².